The zero-order chi connectivity index (χ0) is 27.6. The van der Waals surface area contributed by atoms with E-state index in [2.05, 4.69) is 19.1 Å². The molecule has 1 saturated heterocycles. The number of hydrogen-bond acceptors (Lipinski definition) is 6. The van der Waals surface area contributed by atoms with E-state index >= 15 is 0 Å². The Hall–Kier alpha value is -3.97. The summed E-state index contributed by atoms with van der Waals surface area (Å²) in [5.74, 6) is 0.759. The Labute approximate surface area is 235 Å². The zero-order valence-electron chi connectivity index (χ0n) is 22.6. The predicted molar refractivity (Wildman–Crippen MR) is 152 cm³/mol. The standard InChI is InChI=1S/C34H34O6/c1-25-31(37-23-27-13-7-3-8-14-27)21-33(40-32(25)24-36-22-26-11-5-2-6-12-26)38-29-17-19-30(20-18-29)39-34(35)28-15-9-4-10-16-28/h2-20,25,31-33H,21-24H2,1H3. The van der Waals surface area contributed by atoms with Gasteiger partial charge in [-0.3, -0.25) is 0 Å². The average Bonchev–Trinajstić information content (AvgIpc) is 3.00. The summed E-state index contributed by atoms with van der Waals surface area (Å²) >= 11 is 0. The van der Waals surface area contributed by atoms with E-state index in [-0.39, 0.29) is 18.1 Å². The van der Waals surface area contributed by atoms with Gasteiger partial charge in [-0.2, -0.15) is 0 Å². The lowest BCUT2D eigenvalue weighted by atomic mass is 9.92. The van der Waals surface area contributed by atoms with Gasteiger partial charge in [0.1, 0.15) is 11.5 Å². The molecule has 1 aliphatic heterocycles. The molecule has 0 aromatic heterocycles. The number of carbonyl (C=O) groups is 1. The highest BCUT2D eigenvalue weighted by Gasteiger charge is 2.38. The van der Waals surface area contributed by atoms with Gasteiger partial charge in [0.25, 0.3) is 0 Å². The van der Waals surface area contributed by atoms with Gasteiger partial charge in [-0.25, -0.2) is 4.79 Å². The monoisotopic (exact) mass is 538 g/mol. The van der Waals surface area contributed by atoms with Crippen molar-refractivity contribution in [3.8, 4) is 11.5 Å². The van der Waals surface area contributed by atoms with Crippen molar-refractivity contribution < 1.29 is 28.5 Å². The Morgan fingerprint density at radius 2 is 1.32 bits per heavy atom. The number of rotatable bonds is 11. The van der Waals surface area contributed by atoms with Gasteiger partial charge in [0, 0.05) is 12.3 Å². The van der Waals surface area contributed by atoms with E-state index in [9.17, 15) is 4.79 Å². The van der Waals surface area contributed by atoms with E-state index < -0.39 is 12.3 Å². The number of carbonyl (C=O) groups excluding carboxylic acids is 1. The van der Waals surface area contributed by atoms with Crippen molar-refractivity contribution >= 4 is 5.97 Å². The summed E-state index contributed by atoms with van der Waals surface area (Å²) in [6.45, 7) is 3.59. The largest absolute Gasteiger partial charge is 0.465 e. The van der Waals surface area contributed by atoms with Crippen LogP contribution in [0.25, 0.3) is 0 Å². The van der Waals surface area contributed by atoms with Crippen molar-refractivity contribution in [1.29, 1.82) is 0 Å². The molecule has 1 fully saturated rings. The minimum atomic E-state index is -0.514. The fraction of sp³-hybridized carbons (Fsp3) is 0.265. The molecule has 1 aliphatic rings. The Balaban J connectivity index is 1.21. The average molecular weight is 539 g/mol. The lowest BCUT2D eigenvalue weighted by Gasteiger charge is -2.40. The van der Waals surface area contributed by atoms with Gasteiger partial charge in [-0.05, 0) is 47.5 Å². The molecule has 4 atom stereocenters. The molecule has 4 aromatic carbocycles. The first kappa shape index (κ1) is 27.6. The topological polar surface area (TPSA) is 63.2 Å². The van der Waals surface area contributed by atoms with Crippen LogP contribution in [0.15, 0.2) is 115 Å². The number of benzene rings is 4. The molecule has 0 saturated carbocycles. The highest BCUT2D eigenvalue weighted by molar-refractivity contribution is 5.90. The summed E-state index contributed by atoms with van der Waals surface area (Å²) in [7, 11) is 0. The smallest absolute Gasteiger partial charge is 0.343 e. The maximum Gasteiger partial charge on any atom is 0.343 e. The zero-order valence-corrected chi connectivity index (χ0v) is 22.6. The molecular weight excluding hydrogens is 504 g/mol. The molecule has 1 heterocycles. The first-order valence-electron chi connectivity index (χ1n) is 13.6. The van der Waals surface area contributed by atoms with E-state index in [1.807, 2.05) is 54.6 Å². The van der Waals surface area contributed by atoms with Crippen molar-refractivity contribution in [2.75, 3.05) is 6.61 Å². The van der Waals surface area contributed by atoms with Gasteiger partial charge >= 0.3 is 5.97 Å². The number of hydrogen-bond donors (Lipinski definition) is 0. The van der Waals surface area contributed by atoms with E-state index in [0.717, 1.165) is 11.1 Å². The lowest BCUT2D eigenvalue weighted by Crippen LogP contribution is -2.48. The fourth-order valence-corrected chi connectivity index (χ4v) is 4.63. The Bertz CT molecular complexity index is 1310. The van der Waals surface area contributed by atoms with Crippen molar-refractivity contribution in [3.63, 3.8) is 0 Å². The van der Waals surface area contributed by atoms with Crippen LogP contribution < -0.4 is 9.47 Å². The van der Waals surface area contributed by atoms with E-state index in [1.54, 1.807) is 48.5 Å². The van der Waals surface area contributed by atoms with Crippen LogP contribution in [0.4, 0.5) is 0 Å². The van der Waals surface area contributed by atoms with Gasteiger partial charge < -0.3 is 23.7 Å². The number of esters is 1. The van der Waals surface area contributed by atoms with Crippen LogP contribution in [0.1, 0.15) is 34.8 Å². The number of ether oxygens (including phenoxy) is 5. The second kappa shape index (κ2) is 13.9. The quantitative estimate of drug-likeness (QED) is 0.154. The Morgan fingerprint density at radius 3 is 1.98 bits per heavy atom. The minimum absolute atomic E-state index is 0.0737. The molecule has 0 bridgehead atoms. The Kier molecular flexibility index (Phi) is 9.59. The molecule has 0 aliphatic carbocycles. The summed E-state index contributed by atoms with van der Waals surface area (Å²) in [6, 6.07) is 36.1. The molecular formula is C34H34O6. The molecule has 6 heteroatoms. The van der Waals surface area contributed by atoms with Crippen LogP contribution in [0.3, 0.4) is 0 Å². The summed E-state index contributed by atoms with van der Waals surface area (Å²) in [6.07, 6.45) is -0.210. The van der Waals surface area contributed by atoms with Crippen molar-refractivity contribution in [2.24, 2.45) is 5.92 Å². The maximum atomic E-state index is 12.4. The highest BCUT2D eigenvalue weighted by atomic mass is 16.7. The van der Waals surface area contributed by atoms with E-state index in [1.165, 1.54) is 0 Å². The second-order valence-electron chi connectivity index (χ2n) is 9.88. The molecule has 0 radical (unpaired) electrons. The van der Waals surface area contributed by atoms with Crippen LogP contribution in [-0.2, 0) is 27.4 Å². The van der Waals surface area contributed by atoms with Crippen LogP contribution in [0.2, 0.25) is 0 Å². The fourth-order valence-electron chi connectivity index (χ4n) is 4.63. The third-order valence-electron chi connectivity index (χ3n) is 6.94. The second-order valence-corrected chi connectivity index (χ2v) is 9.88. The molecule has 0 amide bonds. The van der Waals surface area contributed by atoms with Gasteiger partial charge in [0.05, 0.1) is 37.6 Å². The molecule has 6 nitrogen and oxygen atoms in total. The maximum absolute atomic E-state index is 12.4. The van der Waals surface area contributed by atoms with Crippen molar-refractivity contribution in [3.05, 3.63) is 132 Å². The lowest BCUT2D eigenvalue weighted by molar-refractivity contribution is -0.223. The first-order valence-corrected chi connectivity index (χ1v) is 13.6. The van der Waals surface area contributed by atoms with Gasteiger partial charge in [0.15, 0.2) is 0 Å². The molecule has 0 N–H and O–H groups in total. The van der Waals surface area contributed by atoms with Crippen LogP contribution in [0.5, 0.6) is 11.5 Å². The Morgan fingerprint density at radius 1 is 0.750 bits per heavy atom. The summed E-state index contributed by atoms with van der Waals surface area (Å²) in [5, 5.41) is 0. The molecule has 4 unspecified atom stereocenters. The van der Waals surface area contributed by atoms with Crippen LogP contribution >= 0.6 is 0 Å². The highest BCUT2D eigenvalue weighted by Crippen LogP contribution is 2.31. The van der Waals surface area contributed by atoms with Gasteiger partial charge in [-0.1, -0.05) is 85.8 Å². The SMILES string of the molecule is CC1C(OCc2ccccc2)CC(Oc2ccc(OC(=O)c3ccccc3)cc2)OC1COCc1ccccc1. The molecule has 4 aromatic rings. The minimum Gasteiger partial charge on any atom is -0.465 e. The summed E-state index contributed by atoms with van der Waals surface area (Å²) in [5.41, 5.74) is 2.73. The van der Waals surface area contributed by atoms with E-state index in [4.69, 9.17) is 23.7 Å². The van der Waals surface area contributed by atoms with Crippen LogP contribution in [-0.4, -0.2) is 31.1 Å². The van der Waals surface area contributed by atoms with Gasteiger partial charge in [-0.15, -0.1) is 0 Å². The summed E-state index contributed by atoms with van der Waals surface area (Å²) < 4.78 is 30.5. The van der Waals surface area contributed by atoms with Crippen LogP contribution in [0, 0.1) is 5.92 Å². The van der Waals surface area contributed by atoms with Gasteiger partial charge in [0.2, 0.25) is 6.29 Å². The predicted octanol–water partition coefficient (Wildman–Crippen LogP) is 6.84. The normalized spacial score (nSPS) is 20.5. The van der Waals surface area contributed by atoms with Crippen molar-refractivity contribution in [1.82, 2.24) is 0 Å². The van der Waals surface area contributed by atoms with E-state index in [0.29, 0.717) is 43.3 Å². The molecule has 206 valence electrons. The third kappa shape index (κ3) is 7.79. The molecule has 0 spiro atoms. The molecule has 40 heavy (non-hydrogen) atoms. The molecule has 5 rings (SSSR count). The van der Waals surface area contributed by atoms with Crippen molar-refractivity contribution in [2.45, 2.75) is 45.1 Å². The third-order valence-corrected chi connectivity index (χ3v) is 6.94. The summed E-state index contributed by atoms with van der Waals surface area (Å²) in [4.78, 5) is 12.4. The first-order chi connectivity index (χ1) is 19.6.